The Morgan fingerprint density at radius 1 is 1.21 bits per heavy atom. The molecule has 0 fully saturated rings. The average molecular weight is 526 g/mol. The quantitative estimate of drug-likeness (QED) is 0.363. The molecule has 2 N–H and O–H groups in total. The molecule has 38 heavy (non-hydrogen) atoms. The number of ketones is 1. The molecule has 0 aliphatic carbocycles. The highest BCUT2D eigenvalue weighted by molar-refractivity contribution is 5.88. The van der Waals surface area contributed by atoms with Crippen LogP contribution in [-0.2, 0) is 14.3 Å². The first-order valence-corrected chi connectivity index (χ1v) is 13.7. The molecule has 0 amide bonds. The van der Waals surface area contributed by atoms with E-state index in [1.54, 1.807) is 26.8 Å². The van der Waals surface area contributed by atoms with Crippen molar-refractivity contribution in [3.63, 3.8) is 0 Å². The molecule has 0 radical (unpaired) electrons. The molecular formula is C31H43NO6. The SMILES string of the molecule is C=CCC[C@H]1C(=O)C(C)(C)[C@@H](O)CC(=O)O[C@H](c2ccc3oc(C)nc3c2)CC=C(C)CCC[C@H](C)[C@@H]1O. The van der Waals surface area contributed by atoms with Gasteiger partial charge >= 0.3 is 5.97 Å². The lowest BCUT2D eigenvalue weighted by molar-refractivity contribution is -0.156. The van der Waals surface area contributed by atoms with Crippen LogP contribution in [0.1, 0.15) is 90.2 Å². The van der Waals surface area contributed by atoms with Crippen molar-refractivity contribution in [1.82, 2.24) is 4.98 Å². The second kappa shape index (κ2) is 12.9. The van der Waals surface area contributed by atoms with E-state index in [0.29, 0.717) is 36.3 Å². The molecule has 7 nitrogen and oxygen atoms in total. The molecule has 0 saturated heterocycles. The lowest BCUT2D eigenvalue weighted by atomic mass is 9.71. The molecule has 3 rings (SSSR count). The van der Waals surface area contributed by atoms with Crippen molar-refractivity contribution in [3.8, 4) is 0 Å². The highest BCUT2D eigenvalue weighted by atomic mass is 16.5. The maximum atomic E-state index is 13.7. The summed E-state index contributed by atoms with van der Waals surface area (Å²) in [5.41, 5.74) is 2.06. The fourth-order valence-corrected chi connectivity index (χ4v) is 5.21. The number of esters is 1. The van der Waals surface area contributed by atoms with Gasteiger partial charge in [-0.3, -0.25) is 9.59 Å². The first-order chi connectivity index (χ1) is 17.9. The molecule has 1 aliphatic rings. The number of aliphatic hydroxyl groups excluding tert-OH is 2. The van der Waals surface area contributed by atoms with Crippen LogP contribution in [0.3, 0.4) is 0 Å². The number of Topliss-reactive ketones (excluding diaryl/α,β-unsaturated/α-hetero) is 1. The molecule has 0 saturated carbocycles. The number of cyclic esters (lactones) is 1. The summed E-state index contributed by atoms with van der Waals surface area (Å²) >= 11 is 0. The predicted octanol–water partition coefficient (Wildman–Crippen LogP) is 6.17. The number of oxazole rings is 1. The van der Waals surface area contributed by atoms with Crippen molar-refractivity contribution < 1.29 is 29.0 Å². The lowest BCUT2D eigenvalue weighted by Crippen LogP contribution is -2.46. The summed E-state index contributed by atoms with van der Waals surface area (Å²) in [7, 11) is 0. The van der Waals surface area contributed by atoms with Crippen LogP contribution < -0.4 is 0 Å². The lowest BCUT2D eigenvalue weighted by Gasteiger charge is -2.36. The van der Waals surface area contributed by atoms with Gasteiger partial charge in [0.25, 0.3) is 0 Å². The minimum Gasteiger partial charge on any atom is -0.457 e. The van der Waals surface area contributed by atoms with E-state index in [4.69, 9.17) is 9.15 Å². The molecule has 208 valence electrons. The Labute approximate surface area is 226 Å². The Morgan fingerprint density at radius 2 is 1.95 bits per heavy atom. The summed E-state index contributed by atoms with van der Waals surface area (Å²) in [4.78, 5) is 31.1. The number of nitrogens with zero attached hydrogens (tertiary/aromatic N) is 1. The smallest absolute Gasteiger partial charge is 0.309 e. The van der Waals surface area contributed by atoms with Crippen LogP contribution >= 0.6 is 0 Å². The Kier molecular flexibility index (Phi) is 10.1. The number of benzene rings is 1. The molecule has 7 heteroatoms. The summed E-state index contributed by atoms with van der Waals surface area (Å²) < 4.78 is 11.5. The van der Waals surface area contributed by atoms with Crippen LogP contribution in [0.4, 0.5) is 0 Å². The van der Waals surface area contributed by atoms with E-state index in [9.17, 15) is 19.8 Å². The van der Waals surface area contributed by atoms with Crippen molar-refractivity contribution in [2.24, 2.45) is 17.3 Å². The highest BCUT2D eigenvalue weighted by Crippen LogP contribution is 2.35. The number of hydrogen-bond acceptors (Lipinski definition) is 7. The van der Waals surface area contributed by atoms with Crippen molar-refractivity contribution in [2.75, 3.05) is 0 Å². The summed E-state index contributed by atoms with van der Waals surface area (Å²) in [6.45, 7) is 12.8. The molecule has 2 heterocycles. The third-order valence-corrected chi connectivity index (χ3v) is 7.92. The first kappa shape index (κ1) is 29.8. The van der Waals surface area contributed by atoms with E-state index < -0.39 is 35.6 Å². The number of ether oxygens (including phenoxy) is 1. The normalized spacial score (nSPS) is 28.1. The van der Waals surface area contributed by atoms with E-state index in [2.05, 4.69) is 24.6 Å². The zero-order valence-electron chi connectivity index (χ0n) is 23.4. The minimum absolute atomic E-state index is 0.0854. The van der Waals surface area contributed by atoms with Gasteiger partial charge in [-0.15, -0.1) is 6.58 Å². The number of carbonyl (C=O) groups is 2. The van der Waals surface area contributed by atoms with E-state index in [-0.39, 0.29) is 18.1 Å². The van der Waals surface area contributed by atoms with Gasteiger partial charge in [-0.1, -0.05) is 44.6 Å². The van der Waals surface area contributed by atoms with Gasteiger partial charge in [0.15, 0.2) is 11.5 Å². The largest absolute Gasteiger partial charge is 0.457 e. The van der Waals surface area contributed by atoms with E-state index in [1.165, 1.54) is 5.57 Å². The number of rotatable bonds is 4. The number of hydrogen-bond donors (Lipinski definition) is 2. The zero-order valence-corrected chi connectivity index (χ0v) is 23.4. The van der Waals surface area contributed by atoms with Gasteiger partial charge in [0.05, 0.1) is 24.0 Å². The van der Waals surface area contributed by atoms with E-state index >= 15 is 0 Å². The Bertz CT molecular complexity index is 1160. The van der Waals surface area contributed by atoms with Gasteiger partial charge in [0, 0.05) is 19.3 Å². The molecule has 1 aromatic heterocycles. The standard InChI is InChI=1S/C31H43NO6/c1-7-8-12-23-29(35)20(3)11-9-10-19(2)13-15-25(22-14-16-26-24(17-22)32-21(4)37-26)38-28(34)18-27(33)31(5,6)30(23)36/h7,13-14,16-17,20,23,25,27,29,33,35H,1,8-12,15,18H2,2-6H3/t20-,23+,25-,27-,29-/m0/s1. The number of aromatic nitrogens is 1. The van der Waals surface area contributed by atoms with Gasteiger partial charge in [0.2, 0.25) is 0 Å². The monoisotopic (exact) mass is 525 g/mol. The number of allylic oxidation sites excluding steroid dienone is 2. The van der Waals surface area contributed by atoms with Crippen molar-refractivity contribution in [2.45, 2.75) is 97.9 Å². The fraction of sp³-hybridized carbons (Fsp3) is 0.581. The van der Waals surface area contributed by atoms with Crippen LogP contribution in [0.15, 0.2) is 46.9 Å². The zero-order chi connectivity index (χ0) is 28.0. The second-order valence-electron chi connectivity index (χ2n) is 11.4. The highest BCUT2D eigenvalue weighted by Gasteiger charge is 2.43. The molecule has 1 aromatic carbocycles. The van der Waals surface area contributed by atoms with Crippen LogP contribution in [0.2, 0.25) is 0 Å². The number of carbonyl (C=O) groups excluding carboxylic acids is 2. The molecule has 0 spiro atoms. The van der Waals surface area contributed by atoms with Crippen molar-refractivity contribution in [1.29, 1.82) is 0 Å². The van der Waals surface area contributed by atoms with Gasteiger partial charge in [-0.25, -0.2) is 4.98 Å². The summed E-state index contributed by atoms with van der Waals surface area (Å²) in [5.74, 6) is -1.01. The summed E-state index contributed by atoms with van der Waals surface area (Å²) in [5, 5.41) is 22.2. The Morgan fingerprint density at radius 3 is 2.66 bits per heavy atom. The Balaban J connectivity index is 1.93. The molecule has 5 atom stereocenters. The van der Waals surface area contributed by atoms with Crippen LogP contribution in [0.5, 0.6) is 0 Å². The van der Waals surface area contributed by atoms with Gasteiger partial charge < -0.3 is 19.4 Å². The van der Waals surface area contributed by atoms with Gasteiger partial charge in [-0.2, -0.15) is 0 Å². The third-order valence-electron chi connectivity index (χ3n) is 7.92. The Hall–Kier alpha value is -2.77. The second-order valence-corrected chi connectivity index (χ2v) is 11.4. The van der Waals surface area contributed by atoms with Gasteiger partial charge in [-0.05, 0) is 62.6 Å². The molecule has 0 unspecified atom stereocenters. The van der Waals surface area contributed by atoms with E-state index in [1.807, 2.05) is 25.1 Å². The van der Waals surface area contributed by atoms with E-state index in [0.717, 1.165) is 24.8 Å². The number of aryl methyl sites for hydroxylation is 1. The van der Waals surface area contributed by atoms with Crippen LogP contribution in [0.25, 0.3) is 11.1 Å². The number of aliphatic hydroxyl groups is 2. The minimum atomic E-state index is -1.26. The summed E-state index contributed by atoms with van der Waals surface area (Å²) in [6.07, 6.45) is 4.79. The number of fused-ring (bicyclic) bond motifs is 1. The van der Waals surface area contributed by atoms with Crippen LogP contribution in [0, 0.1) is 24.2 Å². The van der Waals surface area contributed by atoms with Gasteiger partial charge in [0.1, 0.15) is 17.4 Å². The topological polar surface area (TPSA) is 110 Å². The van der Waals surface area contributed by atoms with Crippen LogP contribution in [-0.4, -0.2) is 39.2 Å². The van der Waals surface area contributed by atoms with Crippen molar-refractivity contribution >= 4 is 22.9 Å². The average Bonchev–Trinajstić information content (AvgIpc) is 3.24. The summed E-state index contributed by atoms with van der Waals surface area (Å²) in [6, 6.07) is 5.55. The molecule has 1 aliphatic heterocycles. The first-order valence-electron chi connectivity index (χ1n) is 13.7. The van der Waals surface area contributed by atoms with Crippen molar-refractivity contribution in [3.05, 3.63) is 54.0 Å². The molecule has 0 bridgehead atoms. The molecule has 2 aromatic rings. The third kappa shape index (κ3) is 7.20. The maximum Gasteiger partial charge on any atom is 0.309 e. The maximum absolute atomic E-state index is 13.7. The predicted molar refractivity (Wildman–Crippen MR) is 147 cm³/mol. The fourth-order valence-electron chi connectivity index (χ4n) is 5.21. The molecular weight excluding hydrogens is 482 g/mol.